The number of phenolic OH excluding ortho intramolecular Hbond substituents is 1. The predicted octanol–water partition coefficient (Wildman–Crippen LogP) is 3.21. The van der Waals surface area contributed by atoms with Crippen LogP contribution >= 0.6 is 0 Å². The third kappa shape index (κ3) is 4.27. The van der Waals surface area contributed by atoms with Gasteiger partial charge >= 0.3 is 0 Å². The summed E-state index contributed by atoms with van der Waals surface area (Å²) in [7, 11) is 0. The number of aromatic hydroxyl groups is 1. The van der Waals surface area contributed by atoms with Crippen LogP contribution in [-0.2, 0) is 11.8 Å². The van der Waals surface area contributed by atoms with Crippen molar-refractivity contribution < 1.29 is 14.7 Å². The van der Waals surface area contributed by atoms with E-state index in [-0.39, 0.29) is 28.7 Å². The molecule has 168 valence electrons. The molecule has 4 aromatic rings. The lowest BCUT2D eigenvalue weighted by molar-refractivity contribution is 0.0987. The summed E-state index contributed by atoms with van der Waals surface area (Å²) in [6.45, 7) is 6.17. The molecule has 0 spiro atoms. The van der Waals surface area contributed by atoms with Crippen molar-refractivity contribution in [2.75, 3.05) is 0 Å². The van der Waals surface area contributed by atoms with E-state index in [1.54, 1.807) is 0 Å². The number of phenols is 1. The van der Waals surface area contributed by atoms with Crippen LogP contribution in [0, 0.1) is 0 Å². The van der Waals surface area contributed by atoms with E-state index in [2.05, 4.69) is 31.0 Å². The predicted molar refractivity (Wildman–Crippen MR) is 126 cm³/mol. The van der Waals surface area contributed by atoms with E-state index in [4.69, 9.17) is 11.5 Å². The Morgan fingerprint density at radius 1 is 0.909 bits per heavy atom. The minimum absolute atomic E-state index is 0.0248. The van der Waals surface area contributed by atoms with Crippen molar-refractivity contribution in [3.05, 3.63) is 82.4 Å². The second-order valence-corrected chi connectivity index (χ2v) is 9.01. The fourth-order valence-electron chi connectivity index (χ4n) is 3.70. The molecule has 0 atom stereocenters. The van der Waals surface area contributed by atoms with Gasteiger partial charge in [-0.25, -0.2) is 0 Å². The number of aromatic nitrogens is 3. The minimum Gasteiger partial charge on any atom is -0.505 e. The van der Waals surface area contributed by atoms with Crippen LogP contribution in [0.5, 0.6) is 5.75 Å². The van der Waals surface area contributed by atoms with E-state index >= 15 is 0 Å². The third-order valence-corrected chi connectivity index (χ3v) is 5.57. The molecule has 0 fully saturated rings. The first-order chi connectivity index (χ1) is 15.5. The zero-order valence-corrected chi connectivity index (χ0v) is 18.7. The lowest BCUT2D eigenvalue weighted by atomic mass is 9.84. The molecule has 1 heterocycles. The van der Waals surface area contributed by atoms with Gasteiger partial charge < -0.3 is 16.6 Å². The Kier molecular flexibility index (Phi) is 5.37. The number of carbonyl (C=O) groups is 2. The molecule has 3 aromatic carbocycles. The number of hydrogen-bond donors (Lipinski definition) is 3. The van der Waals surface area contributed by atoms with E-state index in [0.717, 1.165) is 5.56 Å². The number of carbonyl (C=O) groups excluding carboxylic acids is 2. The summed E-state index contributed by atoms with van der Waals surface area (Å²) < 4.78 is 0. The number of rotatable bonds is 5. The summed E-state index contributed by atoms with van der Waals surface area (Å²) in [5.41, 5.74) is 15.0. The highest BCUT2D eigenvalue weighted by molar-refractivity contribution is 5.98. The van der Waals surface area contributed by atoms with Crippen LogP contribution in [-0.4, -0.2) is 31.9 Å². The van der Waals surface area contributed by atoms with E-state index in [1.165, 1.54) is 23.0 Å². The van der Waals surface area contributed by atoms with Crippen LogP contribution in [0.3, 0.4) is 0 Å². The van der Waals surface area contributed by atoms with E-state index in [0.29, 0.717) is 27.8 Å². The normalized spacial score (nSPS) is 11.6. The van der Waals surface area contributed by atoms with Gasteiger partial charge in [-0.3, -0.25) is 9.59 Å². The standard InChI is InChI=1S/C25H25N5O3/c1-25(2,3)17-12-16(11-15-10-14(23(26)32)8-9-18(15)24(27)33)22(31)21(13-17)30-28-19-6-4-5-7-20(19)29-30/h4-10,12-13,31H,11H2,1-3H3,(H2,26,32)(H2,27,33). The highest BCUT2D eigenvalue weighted by Crippen LogP contribution is 2.35. The number of primary amides is 2. The molecule has 0 aliphatic carbocycles. The summed E-state index contributed by atoms with van der Waals surface area (Å²) in [6, 6.07) is 15.6. The molecular weight excluding hydrogens is 418 g/mol. The fourth-order valence-corrected chi connectivity index (χ4v) is 3.70. The number of fused-ring (bicyclic) bond motifs is 1. The Morgan fingerprint density at radius 3 is 2.09 bits per heavy atom. The highest BCUT2D eigenvalue weighted by Gasteiger charge is 2.22. The Labute approximate surface area is 190 Å². The topological polar surface area (TPSA) is 137 Å². The van der Waals surface area contributed by atoms with Gasteiger partial charge in [-0.1, -0.05) is 39.0 Å². The van der Waals surface area contributed by atoms with Crippen molar-refractivity contribution in [3.8, 4) is 11.4 Å². The van der Waals surface area contributed by atoms with Gasteiger partial charge in [-0.2, -0.15) is 0 Å². The molecule has 8 nitrogen and oxygen atoms in total. The van der Waals surface area contributed by atoms with Gasteiger partial charge in [-0.15, -0.1) is 15.0 Å². The molecule has 33 heavy (non-hydrogen) atoms. The third-order valence-electron chi connectivity index (χ3n) is 5.57. The van der Waals surface area contributed by atoms with E-state index in [9.17, 15) is 14.7 Å². The molecule has 0 aliphatic rings. The van der Waals surface area contributed by atoms with Crippen LogP contribution in [0.2, 0.25) is 0 Å². The van der Waals surface area contributed by atoms with Crippen molar-refractivity contribution in [1.82, 2.24) is 15.0 Å². The van der Waals surface area contributed by atoms with Gasteiger partial charge in [0.15, 0.2) is 0 Å². The average Bonchev–Trinajstić information content (AvgIpc) is 3.18. The number of nitrogens with two attached hydrogens (primary N) is 2. The smallest absolute Gasteiger partial charge is 0.248 e. The van der Waals surface area contributed by atoms with Crippen molar-refractivity contribution in [2.24, 2.45) is 11.5 Å². The van der Waals surface area contributed by atoms with Gasteiger partial charge in [-0.05, 0) is 52.9 Å². The Balaban J connectivity index is 1.90. The zero-order valence-electron chi connectivity index (χ0n) is 18.7. The highest BCUT2D eigenvalue weighted by atomic mass is 16.3. The van der Waals surface area contributed by atoms with Gasteiger partial charge in [0, 0.05) is 23.1 Å². The lowest BCUT2D eigenvalue weighted by Gasteiger charge is -2.22. The monoisotopic (exact) mass is 443 g/mol. The first kappa shape index (κ1) is 22.0. The average molecular weight is 444 g/mol. The second-order valence-electron chi connectivity index (χ2n) is 9.01. The summed E-state index contributed by atoms with van der Waals surface area (Å²) >= 11 is 0. The number of hydrogen-bond acceptors (Lipinski definition) is 5. The largest absolute Gasteiger partial charge is 0.505 e. The number of amides is 2. The molecule has 0 aliphatic heterocycles. The van der Waals surface area contributed by atoms with Crippen LogP contribution in [0.25, 0.3) is 16.7 Å². The van der Waals surface area contributed by atoms with Gasteiger partial charge in [0.1, 0.15) is 22.5 Å². The molecular formula is C25H25N5O3. The lowest BCUT2D eigenvalue weighted by Crippen LogP contribution is -2.17. The van der Waals surface area contributed by atoms with E-state index in [1.807, 2.05) is 36.4 Å². The number of nitrogens with zero attached hydrogens (tertiary/aromatic N) is 3. The molecule has 0 saturated carbocycles. The maximum Gasteiger partial charge on any atom is 0.248 e. The molecule has 2 amide bonds. The molecule has 1 aromatic heterocycles. The molecule has 0 unspecified atom stereocenters. The summed E-state index contributed by atoms with van der Waals surface area (Å²) in [4.78, 5) is 25.1. The first-order valence-corrected chi connectivity index (χ1v) is 10.5. The summed E-state index contributed by atoms with van der Waals surface area (Å²) in [6.07, 6.45) is 0.156. The number of benzene rings is 3. The molecule has 5 N–H and O–H groups in total. The van der Waals surface area contributed by atoms with Crippen LogP contribution in [0.15, 0.2) is 54.6 Å². The molecule has 4 rings (SSSR count). The summed E-state index contributed by atoms with van der Waals surface area (Å²) in [5, 5.41) is 20.2. The SMILES string of the molecule is CC(C)(C)c1cc(Cc2cc(C(N)=O)ccc2C(N)=O)c(O)c(-n2nc3ccccc3n2)c1. The quantitative estimate of drug-likeness (QED) is 0.435. The van der Waals surface area contributed by atoms with Crippen LogP contribution in [0.4, 0.5) is 0 Å². The van der Waals surface area contributed by atoms with Crippen molar-refractivity contribution in [2.45, 2.75) is 32.6 Å². The molecule has 0 saturated heterocycles. The molecule has 0 bridgehead atoms. The zero-order chi connectivity index (χ0) is 23.9. The molecule has 0 radical (unpaired) electrons. The van der Waals surface area contributed by atoms with Gasteiger partial charge in [0.05, 0.1) is 0 Å². The Hall–Kier alpha value is -4.20. The Morgan fingerprint density at radius 2 is 1.55 bits per heavy atom. The van der Waals surface area contributed by atoms with Crippen LogP contribution in [0.1, 0.15) is 58.2 Å². The van der Waals surface area contributed by atoms with Crippen molar-refractivity contribution >= 4 is 22.8 Å². The van der Waals surface area contributed by atoms with Gasteiger partial charge in [0.25, 0.3) is 0 Å². The summed E-state index contributed by atoms with van der Waals surface area (Å²) in [5.74, 6) is -1.27. The Bertz CT molecular complexity index is 1370. The van der Waals surface area contributed by atoms with Gasteiger partial charge in [0.2, 0.25) is 11.8 Å². The fraction of sp³-hybridized carbons (Fsp3) is 0.200. The minimum atomic E-state index is -0.632. The molecule has 8 heteroatoms. The van der Waals surface area contributed by atoms with Crippen molar-refractivity contribution in [3.63, 3.8) is 0 Å². The maximum atomic E-state index is 12.0. The maximum absolute atomic E-state index is 12.0. The van der Waals surface area contributed by atoms with Crippen molar-refractivity contribution in [1.29, 1.82) is 0 Å². The second kappa shape index (κ2) is 8.05. The van der Waals surface area contributed by atoms with E-state index < -0.39 is 11.8 Å². The van der Waals surface area contributed by atoms with Crippen LogP contribution < -0.4 is 11.5 Å². The first-order valence-electron chi connectivity index (χ1n) is 10.5.